The van der Waals surface area contributed by atoms with Crippen molar-refractivity contribution in [1.82, 2.24) is 14.3 Å². The van der Waals surface area contributed by atoms with Crippen molar-refractivity contribution in [2.75, 3.05) is 25.6 Å². The third-order valence-corrected chi connectivity index (χ3v) is 6.56. The fraction of sp³-hybridized carbons (Fsp3) is 0.333. The van der Waals surface area contributed by atoms with Crippen LogP contribution in [0.5, 0.6) is 0 Å². The Bertz CT molecular complexity index is 1420. The number of nitrogens with zero attached hydrogens (tertiary/aromatic N) is 5. The molecule has 3 heterocycles. The molecule has 0 saturated heterocycles. The highest BCUT2D eigenvalue weighted by Crippen LogP contribution is 2.31. The van der Waals surface area contributed by atoms with E-state index < -0.39 is 12.0 Å². The number of hydrogen-bond acceptors (Lipinski definition) is 7. The number of aryl methyl sites for hydroxylation is 2. The first kappa shape index (κ1) is 22.7. The highest BCUT2D eigenvalue weighted by molar-refractivity contribution is 7.07. The average molecular weight is 466 g/mol. The van der Waals surface area contributed by atoms with Crippen LogP contribution in [0.2, 0.25) is 0 Å². The Hall–Kier alpha value is -3.46. The zero-order valence-electron chi connectivity index (χ0n) is 19.6. The number of rotatable bonds is 5. The quantitative estimate of drug-likeness (QED) is 0.538. The molecule has 9 heteroatoms. The second-order valence-electron chi connectivity index (χ2n) is 8.13. The molecule has 0 amide bonds. The van der Waals surface area contributed by atoms with Gasteiger partial charge in [0.2, 0.25) is 0 Å². The topological polar surface area (TPSA) is 81.7 Å². The third kappa shape index (κ3) is 4.16. The second-order valence-corrected chi connectivity index (χ2v) is 9.14. The number of aromatic nitrogens is 3. The maximum absolute atomic E-state index is 13.6. The number of benzene rings is 1. The SMILES string of the molecule is CCOC(=O)C1=C(C)N=c2s/c(=C\c3cn(C)nc3C)c(=O)n2[C@@H]1c1ccc(N(C)C)cc1. The predicted octanol–water partition coefficient (Wildman–Crippen LogP) is 1.91. The Morgan fingerprint density at radius 1 is 1.24 bits per heavy atom. The number of esters is 1. The van der Waals surface area contributed by atoms with Crippen LogP contribution in [-0.2, 0) is 16.6 Å². The first-order valence-corrected chi connectivity index (χ1v) is 11.5. The molecule has 3 aromatic rings. The minimum atomic E-state index is -0.617. The molecule has 0 fully saturated rings. The zero-order valence-corrected chi connectivity index (χ0v) is 20.4. The van der Waals surface area contributed by atoms with Gasteiger partial charge in [0.25, 0.3) is 5.56 Å². The van der Waals surface area contributed by atoms with Gasteiger partial charge in [0.1, 0.15) is 0 Å². The number of ether oxygens (including phenoxy) is 1. The molecular formula is C24H27N5O3S. The summed E-state index contributed by atoms with van der Waals surface area (Å²) in [6, 6.07) is 7.22. The van der Waals surface area contributed by atoms with E-state index in [1.807, 2.05) is 69.5 Å². The summed E-state index contributed by atoms with van der Waals surface area (Å²) < 4.78 is 9.21. The Kier molecular flexibility index (Phi) is 6.07. The van der Waals surface area contributed by atoms with E-state index in [-0.39, 0.29) is 12.2 Å². The van der Waals surface area contributed by atoms with Crippen LogP contribution in [0.4, 0.5) is 5.69 Å². The summed E-state index contributed by atoms with van der Waals surface area (Å²) in [6.45, 7) is 5.70. The molecule has 2 aromatic heterocycles. The molecule has 0 unspecified atom stereocenters. The molecule has 0 spiro atoms. The second kappa shape index (κ2) is 8.82. The van der Waals surface area contributed by atoms with Crippen LogP contribution in [0, 0.1) is 6.92 Å². The first-order valence-electron chi connectivity index (χ1n) is 10.7. The van der Waals surface area contributed by atoms with E-state index in [2.05, 4.69) is 10.1 Å². The highest BCUT2D eigenvalue weighted by atomic mass is 32.1. The van der Waals surface area contributed by atoms with Crippen molar-refractivity contribution >= 4 is 29.1 Å². The molecule has 1 atom stereocenters. The largest absolute Gasteiger partial charge is 0.463 e. The summed E-state index contributed by atoms with van der Waals surface area (Å²) in [4.78, 5) is 33.7. The van der Waals surface area contributed by atoms with Crippen molar-refractivity contribution in [2.45, 2.75) is 26.8 Å². The maximum Gasteiger partial charge on any atom is 0.338 e. The molecule has 33 heavy (non-hydrogen) atoms. The van der Waals surface area contributed by atoms with Gasteiger partial charge in [-0.3, -0.25) is 14.0 Å². The van der Waals surface area contributed by atoms with E-state index in [1.54, 1.807) is 23.1 Å². The Morgan fingerprint density at radius 3 is 2.52 bits per heavy atom. The zero-order chi connectivity index (χ0) is 23.9. The van der Waals surface area contributed by atoms with Gasteiger partial charge in [-0.25, -0.2) is 9.79 Å². The number of carbonyl (C=O) groups is 1. The molecule has 0 saturated carbocycles. The molecule has 4 rings (SSSR count). The van der Waals surface area contributed by atoms with Gasteiger partial charge in [0, 0.05) is 38.6 Å². The lowest BCUT2D eigenvalue weighted by Gasteiger charge is -2.25. The molecule has 8 nitrogen and oxygen atoms in total. The van der Waals surface area contributed by atoms with Gasteiger partial charge in [-0.15, -0.1) is 0 Å². The van der Waals surface area contributed by atoms with E-state index in [4.69, 9.17) is 4.74 Å². The highest BCUT2D eigenvalue weighted by Gasteiger charge is 2.33. The molecular weight excluding hydrogens is 438 g/mol. The number of anilines is 1. The first-order chi connectivity index (χ1) is 15.7. The van der Waals surface area contributed by atoms with Crippen LogP contribution < -0.4 is 19.8 Å². The molecule has 0 N–H and O–H groups in total. The monoisotopic (exact) mass is 465 g/mol. The molecule has 0 bridgehead atoms. The van der Waals surface area contributed by atoms with Gasteiger partial charge in [-0.2, -0.15) is 5.10 Å². The van der Waals surface area contributed by atoms with Gasteiger partial charge in [-0.05, 0) is 44.5 Å². The van der Waals surface area contributed by atoms with Gasteiger partial charge < -0.3 is 9.64 Å². The lowest BCUT2D eigenvalue weighted by atomic mass is 9.95. The van der Waals surface area contributed by atoms with E-state index in [9.17, 15) is 9.59 Å². The summed E-state index contributed by atoms with van der Waals surface area (Å²) >= 11 is 1.31. The van der Waals surface area contributed by atoms with Gasteiger partial charge >= 0.3 is 5.97 Å². The van der Waals surface area contributed by atoms with Crippen molar-refractivity contribution in [2.24, 2.45) is 12.0 Å². The lowest BCUT2D eigenvalue weighted by Crippen LogP contribution is -2.40. The third-order valence-electron chi connectivity index (χ3n) is 5.58. The van der Waals surface area contributed by atoms with Crippen LogP contribution in [0.25, 0.3) is 6.08 Å². The standard InChI is InChI=1S/C24H27N5O3S/c1-7-32-23(31)20-15(3)25-24-29(21(20)16-8-10-18(11-9-16)27(4)5)22(30)19(33-24)12-17-13-28(6)26-14(17)2/h8-13,21H,7H2,1-6H3/b19-12-/t21-/m1/s1. The van der Waals surface area contributed by atoms with Crippen molar-refractivity contribution in [3.05, 3.63) is 78.2 Å². The Balaban J connectivity index is 1.95. The van der Waals surface area contributed by atoms with Gasteiger partial charge in [0.05, 0.1) is 34.1 Å². The van der Waals surface area contributed by atoms with Crippen molar-refractivity contribution < 1.29 is 9.53 Å². The Morgan fingerprint density at radius 2 is 1.94 bits per heavy atom. The van der Waals surface area contributed by atoms with Crippen LogP contribution >= 0.6 is 11.3 Å². The van der Waals surface area contributed by atoms with Crippen molar-refractivity contribution in [1.29, 1.82) is 0 Å². The summed E-state index contributed by atoms with van der Waals surface area (Å²) in [5.41, 5.74) is 4.29. The van der Waals surface area contributed by atoms with Crippen molar-refractivity contribution in [3.8, 4) is 0 Å². The minimum absolute atomic E-state index is 0.196. The minimum Gasteiger partial charge on any atom is -0.463 e. The summed E-state index contributed by atoms with van der Waals surface area (Å²) in [7, 11) is 5.78. The normalized spacial score (nSPS) is 15.9. The number of fused-ring (bicyclic) bond motifs is 1. The maximum atomic E-state index is 13.6. The van der Waals surface area contributed by atoms with E-state index in [0.717, 1.165) is 22.5 Å². The fourth-order valence-corrected chi connectivity index (χ4v) is 5.00. The number of carbonyl (C=O) groups excluding carboxylic acids is 1. The predicted molar refractivity (Wildman–Crippen MR) is 129 cm³/mol. The molecule has 1 aliphatic heterocycles. The molecule has 1 aliphatic rings. The van der Waals surface area contributed by atoms with Gasteiger partial charge in [-0.1, -0.05) is 23.5 Å². The molecule has 172 valence electrons. The van der Waals surface area contributed by atoms with E-state index in [1.165, 1.54) is 11.3 Å². The molecule has 0 radical (unpaired) electrons. The van der Waals surface area contributed by atoms with Crippen LogP contribution in [0.1, 0.15) is 36.7 Å². The summed E-state index contributed by atoms with van der Waals surface area (Å²) in [5.74, 6) is -0.460. The number of allylic oxidation sites excluding steroid dienone is 1. The fourth-order valence-electron chi connectivity index (χ4n) is 3.96. The van der Waals surface area contributed by atoms with E-state index in [0.29, 0.717) is 20.6 Å². The molecule has 0 aliphatic carbocycles. The van der Waals surface area contributed by atoms with Gasteiger partial charge in [0.15, 0.2) is 4.80 Å². The van der Waals surface area contributed by atoms with Crippen LogP contribution in [0.15, 0.2) is 51.5 Å². The Labute approximate surface area is 195 Å². The smallest absolute Gasteiger partial charge is 0.338 e. The van der Waals surface area contributed by atoms with Crippen LogP contribution in [-0.4, -0.2) is 41.0 Å². The van der Waals surface area contributed by atoms with Crippen molar-refractivity contribution in [3.63, 3.8) is 0 Å². The summed E-state index contributed by atoms with van der Waals surface area (Å²) in [5, 5.41) is 4.36. The van der Waals surface area contributed by atoms with Crippen LogP contribution in [0.3, 0.4) is 0 Å². The lowest BCUT2D eigenvalue weighted by molar-refractivity contribution is -0.139. The van der Waals surface area contributed by atoms with E-state index >= 15 is 0 Å². The number of hydrogen-bond donors (Lipinski definition) is 0. The number of thiazole rings is 1. The average Bonchev–Trinajstić information content (AvgIpc) is 3.24. The molecule has 1 aromatic carbocycles. The summed E-state index contributed by atoms with van der Waals surface area (Å²) in [6.07, 6.45) is 3.71.